The van der Waals surface area contributed by atoms with Gasteiger partial charge in [0.05, 0.1) is 16.6 Å². The predicted molar refractivity (Wildman–Crippen MR) is 125 cm³/mol. The van der Waals surface area contributed by atoms with Crippen LogP contribution in [0.3, 0.4) is 0 Å². The quantitative estimate of drug-likeness (QED) is 0.477. The Kier molecular flexibility index (Phi) is 5.79. The van der Waals surface area contributed by atoms with Crippen molar-refractivity contribution in [1.82, 2.24) is 5.32 Å². The minimum absolute atomic E-state index is 0.0263. The third kappa shape index (κ3) is 3.71. The van der Waals surface area contributed by atoms with Gasteiger partial charge in [0.15, 0.2) is 11.5 Å². The van der Waals surface area contributed by atoms with Gasteiger partial charge in [-0.3, -0.25) is 4.79 Å². The van der Waals surface area contributed by atoms with Gasteiger partial charge in [-0.15, -0.1) is 11.3 Å². The Morgan fingerprint density at radius 3 is 2.77 bits per heavy atom. The Bertz CT molecular complexity index is 985. The predicted octanol–water partition coefficient (Wildman–Crippen LogP) is 6.01. The molecule has 1 amide bonds. The van der Waals surface area contributed by atoms with Crippen LogP contribution in [0.5, 0.6) is 11.5 Å². The number of phenols is 1. The smallest absolute Gasteiger partial charge is 0.256 e. The second-order valence-electron chi connectivity index (χ2n) is 8.82. The van der Waals surface area contributed by atoms with E-state index in [0.29, 0.717) is 28.2 Å². The number of benzene rings is 1. The lowest BCUT2D eigenvalue weighted by atomic mass is 9.69. The van der Waals surface area contributed by atoms with Crippen molar-refractivity contribution in [2.45, 2.75) is 59.5 Å². The number of hydrogen-bond donors (Lipinski definition) is 3. The fourth-order valence-corrected chi connectivity index (χ4v) is 6.26. The Balaban J connectivity index is 1.64. The molecule has 2 atom stereocenters. The average molecular weight is 493 g/mol. The average Bonchev–Trinajstić information content (AvgIpc) is 3.09. The summed E-state index contributed by atoms with van der Waals surface area (Å²) in [7, 11) is 0. The normalized spacial score (nSPS) is 20.8. The standard InChI is InChI=1S/C23H29BrN2O3S/c1-5-23(3,4)13-7-8-14-17(11-13)30-22-18(14)21(28)25-20(26-22)12-9-15(24)19(27)16(10-12)29-6-2/h9-10,13,20,26-27H,5-8,11H2,1-4H3,(H,25,28)/t13-,20-/m1/s1. The van der Waals surface area contributed by atoms with Crippen molar-refractivity contribution >= 4 is 38.2 Å². The fraction of sp³-hybridized carbons (Fsp3) is 0.522. The molecule has 0 radical (unpaired) electrons. The highest BCUT2D eigenvalue weighted by Crippen LogP contribution is 2.47. The highest BCUT2D eigenvalue weighted by molar-refractivity contribution is 9.10. The first kappa shape index (κ1) is 21.5. The summed E-state index contributed by atoms with van der Waals surface area (Å²) in [6, 6.07) is 3.59. The first-order valence-corrected chi connectivity index (χ1v) is 12.2. The van der Waals surface area contributed by atoms with E-state index in [9.17, 15) is 9.90 Å². The zero-order valence-corrected chi connectivity index (χ0v) is 20.3. The maximum atomic E-state index is 13.1. The molecule has 0 unspecified atom stereocenters. The zero-order chi connectivity index (χ0) is 21.6. The zero-order valence-electron chi connectivity index (χ0n) is 17.9. The molecule has 2 aromatic rings. The van der Waals surface area contributed by atoms with Crippen LogP contribution in [0.15, 0.2) is 16.6 Å². The number of anilines is 1. The van der Waals surface area contributed by atoms with Crippen molar-refractivity contribution < 1.29 is 14.6 Å². The van der Waals surface area contributed by atoms with Crippen LogP contribution in [0, 0.1) is 11.3 Å². The van der Waals surface area contributed by atoms with E-state index in [1.165, 1.54) is 10.4 Å². The number of phenolic OH excluding ortho intramolecular Hbond substituents is 1. The number of thiophene rings is 1. The summed E-state index contributed by atoms with van der Waals surface area (Å²) in [4.78, 5) is 14.4. The fourth-order valence-electron chi connectivity index (χ4n) is 4.45. The van der Waals surface area contributed by atoms with E-state index in [0.717, 1.165) is 41.8 Å². The lowest BCUT2D eigenvalue weighted by Gasteiger charge is -2.36. The Hall–Kier alpha value is -1.73. The van der Waals surface area contributed by atoms with Gasteiger partial charge in [0.2, 0.25) is 0 Å². The number of rotatable bonds is 5. The van der Waals surface area contributed by atoms with Gasteiger partial charge < -0.3 is 20.5 Å². The molecule has 4 rings (SSSR count). The Morgan fingerprint density at radius 2 is 2.07 bits per heavy atom. The summed E-state index contributed by atoms with van der Waals surface area (Å²) >= 11 is 5.12. The molecule has 0 fully saturated rings. The van der Waals surface area contributed by atoms with E-state index in [-0.39, 0.29) is 17.8 Å². The van der Waals surface area contributed by atoms with Gasteiger partial charge in [0.25, 0.3) is 5.91 Å². The maximum absolute atomic E-state index is 13.1. The largest absolute Gasteiger partial charge is 0.503 e. The number of aromatic hydroxyl groups is 1. The molecular weight excluding hydrogens is 464 g/mol. The summed E-state index contributed by atoms with van der Waals surface area (Å²) < 4.78 is 6.09. The second-order valence-corrected chi connectivity index (χ2v) is 10.8. The monoisotopic (exact) mass is 492 g/mol. The first-order valence-electron chi connectivity index (χ1n) is 10.6. The molecule has 5 nitrogen and oxygen atoms in total. The summed E-state index contributed by atoms with van der Waals surface area (Å²) in [5.41, 5.74) is 3.19. The molecule has 0 spiro atoms. The number of fused-ring (bicyclic) bond motifs is 3. The van der Waals surface area contributed by atoms with Crippen LogP contribution >= 0.6 is 27.3 Å². The Labute approximate surface area is 190 Å². The molecule has 1 aliphatic carbocycles. The topological polar surface area (TPSA) is 70.6 Å². The Morgan fingerprint density at radius 1 is 1.30 bits per heavy atom. The molecule has 1 aromatic carbocycles. The molecule has 2 aliphatic rings. The summed E-state index contributed by atoms with van der Waals surface area (Å²) in [5.74, 6) is 1.09. The van der Waals surface area contributed by atoms with E-state index in [4.69, 9.17) is 4.74 Å². The highest BCUT2D eigenvalue weighted by Gasteiger charge is 2.37. The minimum atomic E-state index is -0.371. The van der Waals surface area contributed by atoms with Gasteiger partial charge in [-0.25, -0.2) is 0 Å². The van der Waals surface area contributed by atoms with E-state index in [1.807, 2.05) is 13.0 Å². The number of nitrogens with one attached hydrogen (secondary N) is 2. The molecule has 1 aromatic heterocycles. The number of amides is 1. The van der Waals surface area contributed by atoms with Gasteiger partial charge in [-0.05, 0) is 76.7 Å². The third-order valence-corrected chi connectivity index (χ3v) is 8.53. The van der Waals surface area contributed by atoms with Crippen LogP contribution in [0.2, 0.25) is 0 Å². The number of ether oxygens (including phenoxy) is 1. The number of carbonyl (C=O) groups is 1. The molecule has 30 heavy (non-hydrogen) atoms. The lowest BCUT2D eigenvalue weighted by Crippen LogP contribution is -2.38. The molecule has 0 bridgehead atoms. The van der Waals surface area contributed by atoms with Crippen molar-refractivity contribution in [3.8, 4) is 11.5 Å². The molecule has 0 saturated heterocycles. The number of halogens is 1. The van der Waals surface area contributed by atoms with E-state index < -0.39 is 0 Å². The van der Waals surface area contributed by atoms with E-state index in [1.54, 1.807) is 17.4 Å². The molecule has 3 N–H and O–H groups in total. The van der Waals surface area contributed by atoms with E-state index in [2.05, 4.69) is 47.3 Å². The van der Waals surface area contributed by atoms with Crippen LogP contribution in [0.1, 0.15) is 73.1 Å². The van der Waals surface area contributed by atoms with Crippen molar-refractivity contribution in [1.29, 1.82) is 0 Å². The van der Waals surface area contributed by atoms with Crippen LogP contribution in [-0.2, 0) is 12.8 Å². The van der Waals surface area contributed by atoms with Crippen LogP contribution in [-0.4, -0.2) is 17.6 Å². The second kappa shape index (κ2) is 8.08. The van der Waals surface area contributed by atoms with Crippen LogP contribution < -0.4 is 15.4 Å². The van der Waals surface area contributed by atoms with Crippen LogP contribution in [0.25, 0.3) is 0 Å². The van der Waals surface area contributed by atoms with Crippen molar-refractivity contribution in [3.63, 3.8) is 0 Å². The molecule has 7 heteroatoms. The van der Waals surface area contributed by atoms with E-state index >= 15 is 0 Å². The van der Waals surface area contributed by atoms with Gasteiger partial charge in [0, 0.05) is 4.88 Å². The molecule has 1 aliphatic heterocycles. The van der Waals surface area contributed by atoms with Crippen molar-refractivity contribution in [3.05, 3.63) is 38.2 Å². The van der Waals surface area contributed by atoms with Crippen LogP contribution in [0.4, 0.5) is 5.00 Å². The van der Waals surface area contributed by atoms with Crippen molar-refractivity contribution in [2.75, 3.05) is 11.9 Å². The van der Waals surface area contributed by atoms with Gasteiger partial charge in [-0.2, -0.15) is 0 Å². The molecular formula is C23H29BrN2O3S. The number of hydrogen-bond acceptors (Lipinski definition) is 5. The SMILES string of the molecule is CCOc1cc([C@@H]2NC(=O)c3c(sc4c3CC[C@@H](C(C)(C)CC)C4)N2)cc(Br)c1O. The first-order chi connectivity index (χ1) is 14.2. The summed E-state index contributed by atoms with van der Waals surface area (Å²) in [6.45, 7) is 9.30. The minimum Gasteiger partial charge on any atom is -0.503 e. The lowest BCUT2D eigenvalue weighted by molar-refractivity contribution is 0.0934. The highest BCUT2D eigenvalue weighted by atomic mass is 79.9. The van der Waals surface area contributed by atoms with Crippen molar-refractivity contribution in [2.24, 2.45) is 11.3 Å². The summed E-state index contributed by atoms with van der Waals surface area (Å²) in [5, 5.41) is 17.8. The van der Waals surface area contributed by atoms with Gasteiger partial charge in [-0.1, -0.05) is 27.2 Å². The van der Waals surface area contributed by atoms with Gasteiger partial charge >= 0.3 is 0 Å². The molecule has 162 valence electrons. The number of carbonyl (C=O) groups excluding carboxylic acids is 1. The third-order valence-electron chi connectivity index (χ3n) is 6.74. The molecule has 2 heterocycles. The molecule has 0 saturated carbocycles. The summed E-state index contributed by atoms with van der Waals surface area (Å²) in [6.07, 6.45) is 3.94. The van der Waals surface area contributed by atoms with Gasteiger partial charge in [0.1, 0.15) is 11.2 Å². The maximum Gasteiger partial charge on any atom is 0.256 e.